The third kappa shape index (κ3) is 4.80. The van der Waals surface area contributed by atoms with E-state index < -0.39 is 0 Å². The molecule has 26 heavy (non-hydrogen) atoms. The van der Waals surface area contributed by atoms with Crippen molar-refractivity contribution >= 4 is 17.5 Å². The number of nitrogens with zero attached hydrogens (tertiary/aromatic N) is 4. The van der Waals surface area contributed by atoms with Crippen molar-refractivity contribution in [2.75, 3.05) is 0 Å². The fraction of sp³-hybridized carbons (Fsp3) is 0.222. The summed E-state index contributed by atoms with van der Waals surface area (Å²) in [5.41, 5.74) is 0.853. The molecule has 8 heteroatoms. The molecule has 1 atom stereocenters. The Morgan fingerprint density at radius 2 is 1.92 bits per heavy atom. The Hall–Kier alpha value is -2.93. The number of nitrogens with one attached hydrogen (secondary N) is 1. The van der Waals surface area contributed by atoms with Crippen LogP contribution in [0.5, 0.6) is 5.75 Å². The smallest absolute Gasteiger partial charge is 0.244 e. The van der Waals surface area contributed by atoms with Crippen molar-refractivity contribution in [1.82, 2.24) is 25.5 Å². The van der Waals surface area contributed by atoms with E-state index in [0.29, 0.717) is 10.8 Å². The molecule has 0 aliphatic rings. The number of amides is 1. The molecular weight excluding hydrogens is 354 g/mol. The van der Waals surface area contributed by atoms with E-state index in [4.69, 9.17) is 16.3 Å². The van der Waals surface area contributed by atoms with E-state index in [9.17, 15) is 4.79 Å². The predicted molar refractivity (Wildman–Crippen MR) is 96.6 cm³/mol. The molecule has 0 aliphatic carbocycles. The Kier molecular flexibility index (Phi) is 5.80. The van der Waals surface area contributed by atoms with E-state index >= 15 is 0 Å². The van der Waals surface area contributed by atoms with E-state index in [-0.39, 0.29) is 25.1 Å². The Morgan fingerprint density at radius 1 is 1.19 bits per heavy atom. The third-order valence-corrected chi connectivity index (χ3v) is 3.98. The molecule has 134 valence electrons. The normalized spacial score (nSPS) is 11.8. The summed E-state index contributed by atoms with van der Waals surface area (Å²) in [5, 5.41) is 15.4. The van der Waals surface area contributed by atoms with Gasteiger partial charge in [0.25, 0.3) is 0 Å². The summed E-state index contributed by atoms with van der Waals surface area (Å²) in [5.74, 6) is 0.890. The van der Waals surface area contributed by atoms with Crippen molar-refractivity contribution in [2.24, 2.45) is 0 Å². The molecule has 0 spiro atoms. The van der Waals surface area contributed by atoms with Crippen molar-refractivity contribution in [3.63, 3.8) is 0 Å². The van der Waals surface area contributed by atoms with Gasteiger partial charge in [0.15, 0.2) is 6.61 Å². The van der Waals surface area contributed by atoms with Gasteiger partial charge in [-0.25, -0.2) is 0 Å². The maximum absolute atomic E-state index is 12.2. The molecule has 2 aromatic carbocycles. The molecule has 1 unspecified atom stereocenters. The number of rotatable bonds is 7. The van der Waals surface area contributed by atoms with Gasteiger partial charge in [-0.2, -0.15) is 4.80 Å². The van der Waals surface area contributed by atoms with Gasteiger partial charge in [-0.15, -0.1) is 10.2 Å². The lowest BCUT2D eigenvalue weighted by Crippen LogP contribution is -2.31. The Morgan fingerprint density at radius 3 is 2.69 bits per heavy atom. The van der Waals surface area contributed by atoms with Crippen molar-refractivity contribution in [3.8, 4) is 5.75 Å². The average molecular weight is 372 g/mol. The SMILES string of the molecule is CC(NC(=O)Cn1nnc(COc2ccccc2)n1)c1ccccc1Cl. The summed E-state index contributed by atoms with van der Waals surface area (Å²) in [6.45, 7) is 2.02. The van der Waals surface area contributed by atoms with Crippen LogP contribution in [0.1, 0.15) is 24.4 Å². The third-order valence-electron chi connectivity index (χ3n) is 3.64. The highest BCUT2D eigenvalue weighted by atomic mass is 35.5. The van der Waals surface area contributed by atoms with Crippen molar-refractivity contribution < 1.29 is 9.53 Å². The highest BCUT2D eigenvalue weighted by molar-refractivity contribution is 6.31. The van der Waals surface area contributed by atoms with Gasteiger partial charge >= 0.3 is 0 Å². The second-order valence-corrected chi connectivity index (χ2v) is 6.06. The molecule has 1 aromatic heterocycles. The standard InChI is InChI=1S/C18H18ClN5O2/c1-13(15-9-5-6-10-16(15)19)20-18(25)11-24-22-17(21-23-24)12-26-14-7-3-2-4-8-14/h2-10,13H,11-12H2,1H3,(H,20,25). The number of tetrazole rings is 1. The zero-order valence-corrected chi connectivity index (χ0v) is 14.9. The van der Waals surface area contributed by atoms with Crippen LogP contribution in [0, 0.1) is 0 Å². The summed E-state index contributed by atoms with van der Waals surface area (Å²) in [6, 6.07) is 16.5. The summed E-state index contributed by atoms with van der Waals surface area (Å²) < 4.78 is 5.55. The van der Waals surface area contributed by atoms with Crippen molar-refractivity contribution in [3.05, 3.63) is 71.0 Å². The fourth-order valence-corrected chi connectivity index (χ4v) is 2.68. The van der Waals surface area contributed by atoms with Crippen LogP contribution in [0.25, 0.3) is 0 Å². The molecule has 3 rings (SSSR count). The van der Waals surface area contributed by atoms with Crippen molar-refractivity contribution in [1.29, 1.82) is 0 Å². The molecule has 0 fully saturated rings. The van der Waals surface area contributed by atoms with E-state index in [1.54, 1.807) is 6.07 Å². The molecular formula is C18H18ClN5O2. The van der Waals surface area contributed by atoms with E-state index in [1.165, 1.54) is 4.80 Å². The van der Waals surface area contributed by atoms with Crippen molar-refractivity contribution in [2.45, 2.75) is 26.1 Å². The number of aromatic nitrogens is 4. The van der Waals surface area contributed by atoms with Gasteiger partial charge in [-0.3, -0.25) is 4.79 Å². The molecule has 7 nitrogen and oxygen atoms in total. The minimum atomic E-state index is -0.231. The van der Waals surface area contributed by atoms with Crippen LogP contribution >= 0.6 is 11.6 Å². The molecule has 1 heterocycles. The molecule has 0 saturated heterocycles. The predicted octanol–water partition coefficient (Wildman–Crippen LogP) is 2.78. The highest BCUT2D eigenvalue weighted by Gasteiger charge is 2.14. The van der Waals surface area contributed by atoms with Gasteiger partial charge < -0.3 is 10.1 Å². The van der Waals surface area contributed by atoms with Crippen LogP contribution in [0.15, 0.2) is 54.6 Å². The van der Waals surface area contributed by atoms with Gasteiger partial charge in [-0.1, -0.05) is 48.0 Å². The Labute approximate surface area is 155 Å². The van der Waals surface area contributed by atoms with E-state index in [2.05, 4.69) is 20.7 Å². The lowest BCUT2D eigenvalue weighted by molar-refractivity contribution is -0.122. The number of benzene rings is 2. The lowest BCUT2D eigenvalue weighted by Gasteiger charge is -2.15. The van der Waals surface area contributed by atoms with E-state index in [1.807, 2.05) is 55.5 Å². The zero-order valence-electron chi connectivity index (χ0n) is 14.2. The number of hydrogen-bond donors (Lipinski definition) is 1. The van der Waals surface area contributed by atoms with Gasteiger partial charge in [-0.05, 0) is 35.9 Å². The summed E-state index contributed by atoms with van der Waals surface area (Å²) in [6.07, 6.45) is 0. The molecule has 3 aromatic rings. The minimum absolute atomic E-state index is 0.0346. The number of carbonyl (C=O) groups excluding carboxylic acids is 1. The largest absolute Gasteiger partial charge is 0.485 e. The number of ether oxygens (including phenoxy) is 1. The summed E-state index contributed by atoms with van der Waals surface area (Å²) in [7, 11) is 0. The molecule has 0 bridgehead atoms. The Balaban J connectivity index is 1.52. The topological polar surface area (TPSA) is 81.9 Å². The van der Waals surface area contributed by atoms with Crippen LogP contribution < -0.4 is 10.1 Å². The van der Waals surface area contributed by atoms with Crippen LogP contribution in [0.2, 0.25) is 5.02 Å². The summed E-state index contributed by atoms with van der Waals surface area (Å²) in [4.78, 5) is 13.4. The second kappa shape index (κ2) is 8.44. The quantitative estimate of drug-likeness (QED) is 0.690. The molecule has 0 aliphatic heterocycles. The van der Waals surface area contributed by atoms with Gasteiger partial charge in [0.2, 0.25) is 11.7 Å². The monoisotopic (exact) mass is 371 g/mol. The van der Waals surface area contributed by atoms with Gasteiger partial charge in [0.1, 0.15) is 12.3 Å². The number of halogens is 1. The van der Waals surface area contributed by atoms with Gasteiger partial charge in [0.05, 0.1) is 6.04 Å². The Bertz CT molecular complexity index is 869. The first-order chi connectivity index (χ1) is 12.6. The van der Waals surface area contributed by atoms with E-state index in [0.717, 1.165) is 11.3 Å². The number of para-hydroxylation sites is 1. The highest BCUT2D eigenvalue weighted by Crippen LogP contribution is 2.21. The molecule has 1 N–H and O–H groups in total. The van der Waals surface area contributed by atoms with Crippen LogP contribution in [0.3, 0.4) is 0 Å². The lowest BCUT2D eigenvalue weighted by atomic mass is 10.1. The molecule has 1 amide bonds. The fourth-order valence-electron chi connectivity index (χ4n) is 2.39. The first-order valence-corrected chi connectivity index (χ1v) is 8.48. The maximum atomic E-state index is 12.2. The summed E-state index contributed by atoms with van der Waals surface area (Å²) >= 11 is 6.15. The van der Waals surface area contributed by atoms with Crippen LogP contribution in [-0.2, 0) is 17.9 Å². The average Bonchev–Trinajstić information content (AvgIpc) is 3.08. The second-order valence-electron chi connectivity index (χ2n) is 5.65. The van der Waals surface area contributed by atoms with Crippen LogP contribution in [0.4, 0.5) is 0 Å². The first kappa shape index (κ1) is 17.9. The number of hydrogen-bond acceptors (Lipinski definition) is 5. The van der Waals surface area contributed by atoms with Gasteiger partial charge in [0, 0.05) is 5.02 Å². The zero-order chi connectivity index (χ0) is 18.4. The minimum Gasteiger partial charge on any atom is -0.485 e. The maximum Gasteiger partial charge on any atom is 0.244 e. The molecule has 0 saturated carbocycles. The molecule has 0 radical (unpaired) electrons. The van der Waals surface area contributed by atoms with Crippen LogP contribution in [-0.4, -0.2) is 26.1 Å². The first-order valence-electron chi connectivity index (χ1n) is 8.10. The number of carbonyl (C=O) groups is 1.